The molecule has 0 saturated carbocycles. The van der Waals surface area contributed by atoms with E-state index in [9.17, 15) is 4.79 Å². The van der Waals surface area contributed by atoms with E-state index in [2.05, 4.69) is 11.9 Å². The van der Waals surface area contributed by atoms with Crippen molar-refractivity contribution in [1.29, 1.82) is 0 Å². The lowest BCUT2D eigenvalue weighted by Gasteiger charge is -2.19. The van der Waals surface area contributed by atoms with Gasteiger partial charge >= 0.3 is 0 Å². The van der Waals surface area contributed by atoms with Gasteiger partial charge in [-0.3, -0.25) is 9.69 Å². The number of anilines is 1. The Morgan fingerprint density at radius 3 is 2.89 bits per heavy atom. The number of thioether (sulfide) groups is 1. The van der Waals surface area contributed by atoms with Crippen molar-refractivity contribution in [3.63, 3.8) is 0 Å². The highest BCUT2D eigenvalue weighted by Crippen LogP contribution is 2.24. The van der Waals surface area contributed by atoms with Crippen LogP contribution in [-0.2, 0) is 4.79 Å². The van der Waals surface area contributed by atoms with Crippen molar-refractivity contribution in [3.8, 4) is 0 Å². The molecule has 0 aliphatic heterocycles. The molecule has 0 aliphatic carbocycles. The summed E-state index contributed by atoms with van der Waals surface area (Å²) < 4.78 is 0. The highest BCUT2D eigenvalue weighted by molar-refractivity contribution is 7.98. The average molecular weight is 280 g/mol. The zero-order valence-electron chi connectivity index (χ0n) is 11.1. The smallest absolute Gasteiger partial charge is 0.238 e. The topological polar surface area (TPSA) is 52.6 Å². The summed E-state index contributed by atoms with van der Waals surface area (Å²) >= 11 is 1.59. The van der Waals surface area contributed by atoms with Gasteiger partial charge in [0.25, 0.3) is 0 Å². The van der Waals surface area contributed by atoms with Crippen molar-refractivity contribution in [3.05, 3.63) is 36.9 Å². The Hall–Kier alpha value is -1.30. The second kappa shape index (κ2) is 8.74. The zero-order valence-corrected chi connectivity index (χ0v) is 11.9. The summed E-state index contributed by atoms with van der Waals surface area (Å²) in [4.78, 5) is 14.8. The third-order valence-electron chi connectivity index (χ3n) is 2.55. The molecule has 0 unspecified atom stereocenters. The Morgan fingerprint density at radius 2 is 2.26 bits per heavy atom. The van der Waals surface area contributed by atoms with Gasteiger partial charge in [-0.05, 0) is 18.4 Å². The SMILES string of the molecule is C=CCN(CCO)CC(=O)Nc1ccccc1SC. The number of carbonyl (C=O) groups excluding carboxylic acids is 1. The van der Waals surface area contributed by atoms with E-state index in [0.717, 1.165) is 10.6 Å². The van der Waals surface area contributed by atoms with Crippen molar-refractivity contribution >= 4 is 23.4 Å². The van der Waals surface area contributed by atoms with E-state index in [1.165, 1.54) is 0 Å². The van der Waals surface area contributed by atoms with Crippen LogP contribution in [0.3, 0.4) is 0 Å². The molecule has 0 saturated heterocycles. The highest BCUT2D eigenvalue weighted by atomic mass is 32.2. The van der Waals surface area contributed by atoms with Gasteiger partial charge in [-0.1, -0.05) is 18.2 Å². The number of benzene rings is 1. The fourth-order valence-electron chi connectivity index (χ4n) is 1.70. The number of rotatable bonds is 8. The Morgan fingerprint density at radius 1 is 1.53 bits per heavy atom. The second-order valence-electron chi connectivity index (χ2n) is 4.00. The zero-order chi connectivity index (χ0) is 14.1. The van der Waals surface area contributed by atoms with Gasteiger partial charge < -0.3 is 10.4 Å². The van der Waals surface area contributed by atoms with Gasteiger partial charge in [-0.2, -0.15) is 0 Å². The highest BCUT2D eigenvalue weighted by Gasteiger charge is 2.10. The first-order chi connectivity index (χ1) is 9.21. The van der Waals surface area contributed by atoms with Crippen LogP contribution in [-0.4, -0.2) is 48.4 Å². The van der Waals surface area contributed by atoms with Crippen LogP contribution in [0.1, 0.15) is 0 Å². The molecule has 1 aromatic rings. The van der Waals surface area contributed by atoms with Crippen LogP contribution >= 0.6 is 11.8 Å². The molecule has 1 amide bonds. The van der Waals surface area contributed by atoms with Gasteiger partial charge in [0, 0.05) is 18.0 Å². The maximum atomic E-state index is 12.0. The maximum Gasteiger partial charge on any atom is 0.238 e. The first kappa shape index (κ1) is 15.8. The molecule has 1 aromatic carbocycles. The van der Waals surface area contributed by atoms with E-state index < -0.39 is 0 Å². The summed E-state index contributed by atoms with van der Waals surface area (Å²) in [5, 5.41) is 11.8. The minimum atomic E-state index is -0.0863. The summed E-state index contributed by atoms with van der Waals surface area (Å²) in [6.45, 7) is 4.96. The monoisotopic (exact) mass is 280 g/mol. The van der Waals surface area contributed by atoms with Gasteiger partial charge in [-0.15, -0.1) is 18.3 Å². The largest absolute Gasteiger partial charge is 0.395 e. The lowest BCUT2D eigenvalue weighted by molar-refractivity contribution is -0.117. The molecule has 5 heteroatoms. The standard InChI is InChI=1S/C14H20N2O2S/c1-3-8-16(9-10-17)11-14(18)15-12-6-4-5-7-13(12)19-2/h3-7,17H,1,8-11H2,2H3,(H,15,18). The molecule has 2 N–H and O–H groups in total. The van der Waals surface area contributed by atoms with Gasteiger partial charge in [0.15, 0.2) is 0 Å². The quantitative estimate of drug-likeness (QED) is 0.563. The summed E-state index contributed by atoms with van der Waals surface area (Å²) in [6, 6.07) is 7.69. The van der Waals surface area contributed by atoms with Crippen LogP contribution in [0.15, 0.2) is 41.8 Å². The van der Waals surface area contributed by atoms with Crippen molar-refractivity contribution < 1.29 is 9.90 Å². The van der Waals surface area contributed by atoms with Crippen LogP contribution in [0, 0.1) is 0 Å². The van der Waals surface area contributed by atoms with E-state index in [1.54, 1.807) is 17.8 Å². The number of amides is 1. The average Bonchev–Trinajstić information content (AvgIpc) is 2.40. The number of aliphatic hydroxyl groups excluding tert-OH is 1. The number of aliphatic hydroxyl groups is 1. The van der Waals surface area contributed by atoms with E-state index >= 15 is 0 Å². The molecule has 0 heterocycles. The molecular formula is C14H20N2O2S. The normalized spacial score (nSPS) is 10.5. The number of para-hydroxylation sites is 1. The molecule has 0 spiro atoms. The van der Waals surface area contributed by atoms with Gasteiger partial charge in [0.1, 0.15) is 0 Å². The predicted octanol–water partition coefficient (Wildman–Crippen LogP) is 1.83. The minimum Gasteiger partial charge on any atom is -0.395 e. The van der Waals surface area contributed by atoms with Crippen molar-refractivity contribution in [2.45, 2.75) is 4.90 Å². The first-order valence-electron chi connectivity index (χ1n) is 6.08. The van der Waals surface area contributed by atoms with Gasteiger partial charge in [0.2, 0.25) is 5.91 Å². The van der Waals surface area contributed by atoms with Crippen molar-refractivity contribution in [1.82, 2.24) is 4.90 Å². The number of carbonyl (C=O) groups is 1. The number of hydrogen-bond donors (Lipinski definition) is 2. The van der Waals surface area contributed by atoms with E-state index in [4.69, 9.17) is 5.11 Å². The molecule has 0 aliphatic rings. The fourth-order valence-corrected chi connectivity index (χ4v) is 2.25. The fraction of sp³-hybridized carbons (Fsp3) is 0.357. The van der Waals surface area contributed by atoms with E-state index in [-0.39, 0.29) is 19.1 Å². The molecule has 19 heavy (non-hydrogen) atoms. The summed E-state index contributed by atoms with van der Waals surface area (Å²) in [5.74, 6) is -0.0863. The molecule has 104 valence electrons. The Labute approximate surface area is 118 Å². The van der Waals surface area contributed by atoms with E-state index in [0.29, 0.717) is 13.1 Å². The summed E-state index contributed by atoms with van der Waals surface area (Å²) in [7, 11) is 0. The molecule has 1 rings (SSSR count). The number of nitrogens with one attached hydrogen (secondary N) is 1. The van der Waals surface area contributed by atoms with Crippen molar-refractivity contribution in [2.75, 3.05) is 37.8 Å². The summed E-state index contributed by atoms with van der Waals surface area (Å²) in [6.07, 6.45) is 3.69. The molecule has 0 fully saturated rings. The molecular weight excluding hydrogens is 260 g/mol. The lowest BCUT2D eigenvalue weighted by atomic mass is 10.3. The van der Waals surface area contributed by atoms with Crippen LogP contribution < -0.4 is 5.32 Å². The summed E-state index contributed by atoms with van der Waals surface area (Å²) in [5.41, 5.74) is 0.822. The molecule has 0 atom stereocenters. The van der Waals surface area contributed by atoms with Crippen LogP contribution in [0.25, 0.3) is 0 Å². The maximum absolute atomic E-state index is 12.0. The Kier molecular flexibility index (Phi) is 7.25. The molecule has 0 aromatic heterocycles. The van der Waals surface area contributed by atoms with Crippen LogP contribution in [0.2, 0.25) is 0 Å². The third-order valence-corrected chi connectivity index (χ3v) is 3.35. The van der Waals surface area contributed by atoms with Gasteiger partial charge in [0.05, 0.1) is 18.8 Å². The third kappa shape index (κ3) is 5.46. The molecule has 0 bridgehead atoms. The Bertz CT molecular complexity index is 424. The number of hydrogen-bond acceptors (Lipinski definition) is 4. The lowest BCUT2D eigenvalue weighted by Crippen LogP contribution is -2.35. The van der Waals surface area contributed by atoms with E-state index in [1.807, 2.05) is 35.4 Å². The van der Waals surface area contributed by atoms with Gasteiger partial charge in [-0.25, -0.2) is 0 Å². The second-order valence-corrected chi connectivity index (χ2v) is 4.84. The predicted molar refractivity (Wildman–Crippen MR) is 80.6 cm³/mol. The molecule has 4 nitrogen and oxygen atoms in total. The minimum absolute atomic E-state index is 0.0303. The van der Waals surface area contributed by atoms with Crippen LogP contribution in [0.5, 0.6) is 0 Å². The van der Waals surface area contributed by atoms with Crippen molar-refractivity contribution in [2.24, 2.45) is 0 Å². The molecule has 0 radical (unpaired) electrons. The Balaban J connectivity index is 2.60. The van der Waals surface area contributed by atoms with Crippen LogP contribution in [0.4, 0.5) is 5.69 Å². The number of nitrogens with zero attached hydrogens (tertiary/aromatic N) is 1. The first-order valence-corrected chi connectivity index (χ1v) is 7.30.